The minimum absolute atomic E-state index is 0.140. The fourth-order valence-electron chi connectivity index (χ4n) is 1.84. The van der Waals surface area contributed by atoms with Crippen LogP contribution in [-0.2, 0) is 19.6 Å². The highest BCUT2D eigenvalue weighted by molar-refractivity contribution is 5.56. The summed E-state index contributed by atoms with van der Waals surface area (Å²) in [5, 5.41) is 0. The Balaban J connectivity index is 2.30. The van der Waals surface area contributed by atoms with Crippen LogP contribution in [0, 0.1) is 0 Å². The summed E-state index contributed by atoms with van der Waals surface area (Å²) in [6, 6.07) is 5.90. The molecule has 2 rings (SSSR count). The zero-order chi connectivity index (χ0) is 14.9. The molecule has 0 spiro atoms. The molecular weight excluding hydrogens is 279 g/mol. The normalized spacial score (nSPS) is 12.2. The van der Waals surface area contributed by atoms with Gasteiger partial charge in [0.1, 0.15) is 5.82 Å². The van der Waals surface area contributed by atoms with Gasteiger partial charge in [0.05, 0.1) is 0 Å². The lowest BCUT2D eigenvalue weighted by molar-refractivity contribution is -0.140. The second-order valence-electron chi connectivity index (χ2n) is 4.35. The number of hydrogen-bond donors (Lipinski definition) is 0. The number of halogens is 5. The summed E-state index contributed by atoms with van der Waals surface area (Å²) < 4.78 is 63.3. The van der Waals surface area contributed by atoms with Gasteiger partial charge in [-0.1, -0.05) is 24.3 Å². The fourth-order valence-corrected chi connectivity index (χ4v) is 1.84. The Bertz CT molecular complexity index is 584. The maximum absolute atomic E-state index is 12.5. The van der Waals surface area contributed by atoms with Gasteiger partial charge in [0.15, 0.2) is 5.69 Å². The molecule has 0 aliphatic carbocycles. The molecule has 0 saturated carbocycles. The molecule has 20 heavy (non-hydrogen) atoms. The Morgan fingerprint density at radius 2 is 1.75 bits per heavy atom. The van der Waals surface area contributed by atoms with Crippen LogP contribution in [0.2, 0.25) is 0 Å². The third-order valence-electron chi connectivity index (χ3n) is 2.77. The molecule has 0 aliphatic rings. The van der Waals surface area contributed by atoms with E-state index < -0.39 is 18.3 Å². The van der Waals surface area contributed by atoms with Gasteiger partial charge < -0.3 is 4.57 Å². The number of hydrogen-bond acceptors (Lipinski definition) is 1. The first-order valence-corrected chi connectivity index (χ1v) is 5.75. The quantitative estimate of drug-likeness (QED) is 0.784. The van der Waals surface area contributed by atoms with Crippen molar-refractivity contribution in [1.82, 2.24) is 9.55 Å². The van der Waals surface area contributed by atoms with E-state index in [-0.39, 0.29) is 12.2 Å². The molecule has 108 valence electrons. The smallest absolute Gasteiger partial charge is 0.333 e. The van der Waals surface area contributed by atoms with Crippen molar-refractivity contribution in [2.24, 2.45) is 7.05 Å². The molecular formula is C13H11F5N2. The molecule has 1 aromatic carbocycles. The predicted molar refractivity (Wildman–Crippen MR) is 63.4 cm³/mol. The van der Waals surface area contributed by atoms with Crippen molar-refractivity contribution in [3.8, 4) is 11.4 Å². The fraction of sp³-hybridized carbons (Fsp3) is 0.308. The molecule has 0 atom stereocenters. The molecule has 0 bridgehead atoms. The summed E-state index contributed by atoms with van der Waals surface area (Å²) in [5.74, 6) is 0.140. The Kier molecular flexibility index (Phi) is 3.78. The van der Waals surface area contributed by atoms with Crippen LogP contribution >= 0.6 is 0 Å². The molecule has 1 heterocycles. The van der Waals surface area contributed by atoms with E-state index in [1.165, 1.54) is 35.9 Å². The van der Waals surface area contributed by atoms with Crippen LogP contribution < -0.4 is 0 Å². The lowest BCUT2D eigenvalue weighted by atomic mass is 10.1. The average molecular weight is 290 g/mol. The number of aryl methyl sites for hydroxylation is 1. The lowest BCUT2D eigenvalue weighted by Gasteiger charge is -2.04. The van der Waals surface area contributed by atoms with E-state index in [0.29, 0.717) is 11.1 Å². The SMILES string of the molecule is Cn1cc(C(F)(F)F)nc1-c1ccc(CC(F)F)cc1. The largest absolute Gasteiger partial charge is 0.434 e. The molecule has 0 saturated heterocycles. The molecule has 1 aromatic heterocycles. The van der Waals surface area contributed by atoms with Crippen LogP contribution in [-0.4, -0.2) is 16.0 Å². The van der Waals surface area contributed by atoms with Crippen LogP contribution in [0.5, 0.6) is 0 Å². The van der Waals surface area contributed by atoms with Crippen molar-refractivity contribution in [1.29, 1.82) is 0 Å². The monoisotopic (exact) mass is 290 g/mol. The maximum Gasteiger partial charge on any atom is 0.434 e. The van der Waals surface area contributed by atoms with Crippen LogP contribution in [0.15, 0.2) is 30.5 Å². The molecule has 2 nitrogen and oxygen atoms in total. The number of aromatic nitrogens is 2. The Labute approximate surface area is 111 Å². The van der Waals surface area contributed by atoms with E-state index in [2.05, 4.69) is 4.98 Å². The van der Waals surface area contributed by atoms with Gasteiger partial charge in [-0.3, -0.25) is 0 Å². The second-order valence-corrected chi connectivity index (χ2v) is 4.35. The molecule has 2 aromatic rings. The molecule has 0 N–H and O–H groups in total. The van der Waals surface area contributed by atoms with Crippen molar-refractivity contribution in [2.45, 2.75) is 19.0 Å². The summed E-state index contributed by atoms with van der Waals surface area (Å²) >= 11 is 0. The minimum atomic E-state index is -4.51. The van der Waals surface area contributed by atoms with Gasteiger partial charge in [0.2, 0.25) is 6.43 Å². The van der Waals surface area contributed by atoms with Gasteiger partial charge in [-0.25, -0.2) is 13.8 Å². The molecule has 0 fully saturated rings. The highest BCUT2D eigenvalue weighted by Gasteiger charge is 2.34. The maximum atomic E-state index is 12.5. The van der Waals surface area contributed by atoms with E-state index in [9.17, 15) is 22.0 Å². The summed E-state index contributed by atoms with van der Waals surface area (Å²) in [5.41, 5.74) is -0.110. The van der Waals surface area contributed by atoms with Crippen LogP contribution in [0.4, 0.5) is 22.0 Å². The highest BCUT2D eigenvalue weighted by Crippen LogP contribution is 2.30. The van der Waals surface area contributed by atoms with Crippen molar-refractivity contribution < 1.29 is 22.0 Å². The number of benzene rings is 1. The highest BCUT2D eigenvalue weighted by atomic mass is 19.4. The summed E-state index contributed by atoms with van der Waals surface area (Å²) in [6.45, 7) is 0. The second kappa shape index (κ2) is 5.22. The van der Waals surface area contributed by atoms with E-state index in [4.69, 9.17) is 0 Å². The van der Waals surface area contributed by atoms with Gasteiger partial charge in [0, 0.05) is 25.2 Å². The molecule has 7 heteroatoms. The van der Waals surface area contributed by atoms with Gasteiger partial charge in [0.25, 0.3) is 0 Å². The van der Waals surface area contributed by atoms with Crippen molar-refractivity contribution in [2.75, 3.05) is 0 Å². The summed E-state index contributed by atoms with van der Waals surface area (Å²) in [6.07, 6.45) is -6.45. The topological polar surface area (TPSA) is 17.8 Å². The molecule has 0 aliphatic heterocycles. The van der Waals surface area contributed by atoms with Crippen molar-refractivity contribution >= 4 is 0 Å². The lowest BCUT2D eigenvalue weighted by Crippen LogP contribution is -2.04. The van der Waals surface area contributed by atoms with Gasteiger partial charge in [-0.2, -0.15) is 13.2 Å². The van der Waals surface area contributed by atoms with E-state index in [1.54, 1.807) is 0 Å². The van der Waals surface area contributed by atoms with E-state index >= 15 is 0 Å². The Hall–Kier alpha value is -1.92. The molecule has 0 unspecified atom stereocenters. The van der Waals surface area contributed by atoms with Crippen LogP contribution in [0.25, 0.3) is 11.4 Å². The van der Waals surface area contributed by atoms with Crippen LogP contribution in [0.1, 0.15) is 11.3 Å². The predicted octanol–water partition coefficient (Wildman–Crippen LogP) is 3.91. The number of imidazole rings is 1. The number of alkyl halides is 5. The molecule has 0 radical (unpaired) electrons. The van der Waals surface area contributed by atoms with Crippen molar-refractivity contribution in [3.05, 3.63) is 41.7 Å². The van der Waals surface area contributed by atoms with Crippen LogP contribution in [0.3, 0.4) is 0 Å². The molecule has 0 amide bonds. The first-order valence-electron chi connectivity index (χ1n) is 5.75. The van der Waals surface area contributed by atoms with Gasteiger partial charge >= 0.3 is 6.18 Å². The Morgan fingerprint density at radius 3 is 2.20 bits per heavy atom. The number of nitrogens with zero attached hydrogens (tertiary/aromatic N) is 2. The standard InChI is InChI=1S/C13H11F5N2/c1-20-7-10(13(16,17)18)19-12(20)9-4-2-8(3-5-9)6-11(14)15/h2-5,7,11H,6H2,1H3. The zero-order valence-corrected chi connectivity index (χ0v) is 10.5. The average Bonchev–Trinajstić information content (AvgIpc) is 2.71. The third kappa shape index (κ3) is 3.15. The van der Waals surface area contributed by atoms with Gasteiger partial charge in [-0.05, 0) is 5.56 Å². The first-order chi connectivity index (χ1) is 9.27. The number of rotatable bonds is 3. The van der Waals surface area contributed by atoms with E-state index in [0.717, 1.165) is 6.20 Å². The minimum Gasteiger partial charge on any atom is -0.333 e. The Morgan fingerprint density at radius 1 is 1.15 bits per heavy atom. The van der Waals surface area contributed by atoms with Crippen molar-refractivity contribution in [3.63, 3.8) is 0 Å². The third-order valence-corrected chi connectivity index (χ3v) is 2.77. The summed E-state index contributed by atoms with van der Waals surface area (Å²) in [4.78, 5) is 3.53. The first kappa shape index (κ1) is 14.5. The van der Waals surface area contributed by atoms with Gasteiger partial charge in [-0.15, -0.1) is 0 Å². The zero-order valence-electron chi connectivity index (χ0n) is 10.5. The van der Waals surface area contributed by atoms with E-state index in [1.807, 2.05) is 0 Å². The summed E-state index contributed by atoms with van der Waals surface area (Å²) in [7, 11) is 1.45.